The summed E-state index contributed by atoms with van der Waals surface area (Å²) in [7, 11) is 1.72. The number of benzene rings is 1. The van der Waals surface area contributed by atoms with Crippen LogP contribution in [0.15, 0.2) is 28.8 Å². The molecule has 1 aromatic carbocycles. The van der Waals surface area contributed by atoms with Crippen LogP contribution >= 0.6 is 12.4 Å². The molecule has 1 saturated heterocycles. The summed E-state index contributed by atoms with van der Waals surface area (Å²) in [5.74, 6) is 3.03. The van der Waals surface area contributed by atoms with Crippen molar-refractivity contribution in [2.24, 2.45) is 0 Å². The standard InChI is InChI=1S/C17H22N4O2.ClH/c1-22-15-5-3-2-4-13(15)14-10-18-8-9-21(14)11-16-19-17(23-20-16)12-6-7-12;/h2-5,12,14,18H,6-11H2,1H3;1H. The van der Waals surface area contributed by atoms with Crippen molar-refractivity contribution in [1.29, 1.82) is 0 Å². The van der Waals surface area contributed by atoms with E-state index in [2.05, 4.69) is 32.5 Å². The SMILES string of the molecule is COc1ccccc1C1CNCCN1Cc1noc(C2CC2)n1.Cl. The molecule has 2 aromatic rings. The lowest BCUT2D eigenvalue weighted by Crippen LogP contribution is -2.45. The lowest BCUT2D eigenvalue weighted by molar-refractivity contribution is 0.146. The highest BCUT2D eigenvalue weighted by atomic mass is 35.5. The van der Waals surface area contributed by atoms with Crippen molar-refractivity contribution in [3.63, 3.8) is 0 Å². The van der Waals surface area contributed by atoms with E-state index in [1.807, 2.05) is 12.1 Å². The van der Waals surface area contributed by atoms with Crippen molar-refractivity contribution < 1.29 is 9.26 Å². The Hall–Kier alpha value is -1.63. The molecule has 130 valence electrons. The van der Waals surface area contributed by atoms with Crippen molar-refractivity contribution >= 4 is 12.4 Å². The van der Waals surface area contributed by atoms with Crippen molar-refractivity contribution in [3.05, 3.63) is 41.5 Å². The van der Waals surface area contributed by atoms with Gasteiger partial charge in [0.15, 0.2) is 5.82 Å². The maximum Gasteiger partial charge on any atom is 0.229 e. The molecule has 0 radical (unpaired) electrons. The molecule has 1 aliphatic carbocycles. The molecule has 1 saturated carbocycles. The van der Waals surface area contributed by atoms with Gasteiger partial charge >= 0.3 is 0 Å². The number of halogens is 1. The molecule has 0 spiro atoms. The van der Waals surface area contributed by atoms with E-state index in [1.54, 1.807) is 7.11 Å². The quantitative estimate of drug-likeness (QED) is 0.894. The smallest absolute Gasteiger partial charge is 0.229 e. The summed E-state index contributed by atoms with van der Waals surface area (Å²) < 4.78 is 10.9. The second-order valence-electron chi connectivity index (χ2n) is 6.26. The highest BCUT2D eigenvalue weighted by molar-refractivity contribution is 5.85. The molecule has 2 heterocycles. The zero-order valence-corrected chi connectivity index (χ0v) is 14.6. The number of aromatic nitrogens is 2. The van der Waals surface area contributed by atoms with Crippen molar-refractivity contribution in [2.75, 3.05) is 26.7 Å². The fourth-order valence-electron chi connectivity index (χ4n) is 3.19. The molecule has 1 unspecified atom stereocenters. The second-order valence-corrected chi connectivity index (χ2v) is 6.26. The third-order valence-corrected chi connectivity index (χ3v) is 4.61. The van der Waals surface area contributed by atoms with Crippen LogP contribution in [0.25, 0.3) is 0 Å². The third-order valence-electron chi connectivity index (χ3n) is 4.61. The Morgan fingerprint density at radius 1 is 1.33 bits per heavy atom. The summed E-state index contributed by atoms with van der Waals surface area (Å²) in [4.78, 5) is 6.96. The van der Waals surface area contributed by atoms with Crippen LogP contribution in [0.5, 0.6) is 5.75 Å². The summed E-state index contributed by atoms with van der Waals surface area (Å²) in [6.07, 6.45) is 2.36. The van der Waals surface area contributed by atoms with Crippen molar-refractivity contribution in [1.82, 2.24) is 20.4 Å². The van der Waals surface area contributed by atoms with E-state index in [0.717, 1.165) is 37.1 Å². The predicted octanol–water partition coefficient (Wildman–Crippen LogP) is 2.52. The molecular weight excluding hydrogens is 328 g/mol. The summed E-state index contributed by atoms with van der Waals surface area (Å²) in [6, 6.07) is 8.47. The zero-order valence-electron chi connectivity index (χ0n) is 13.8. The van der Waals surface area contributed by atoms with Crippen molar-refractivity contribution in [3.8, 4) is 5.75 Å². The summed E-state index contributed by atoms with van der Waals surface area (Å²) in [5.41, 5.74) is 1.20. The number of methoxy groups -OCH3 is 1. The molecule has 0 amide bonds. The Morgan fingerprint density at radius 2 is 2.17 bits per heavy atom. The number of nitrogens with one attached hydrogen (secondary N) is 1. The molecule has 1 aromatic heterocycles. The number of nitrogens with zero attached hydrogens (tertiary/aromatic N) is 3. The Morgan fingerprint density at radius 3 is 2.96 bits per heavy atom. The highest BCUT2D eigenvalue weighted by Crippen LogP contribution is 2.39. The Labute approximate surface area is 148 Å². The van der Waals surface area contributed by atoms with Crippen molar-refractivity contribution in [2.45, 2.75) is 31.3 Å². The Balaban J connectivity index is 0.00000169. The Bertz CT molecular complexity index is 674. The van der Waals surface area contributed by atoms with Gasteiger partial charge in [0, 0.05) is 31.1 Å². The van der Waals surface area contributed by atoms with Gasteiger partial charge in [-0.2, -0.15) is 4.98 Å². The summed E-state index contributed by atoms with van der Waals surface area (Å²) in [6.45, 7) is 3.53. The molecule has 1 N–H and O–H groups in total. The molecule has 2 fully saturated rings. The zero-order chi connectivity index (χ0) is 15.6. The van der Waals surface area contributed by atoms with Gasteiger partial charge in [0.25, 0.3) is 0 Å². The van der Waals surface area contributed by atoms with E-state index in [1.165, 1.54) is 18.4 Å². The first-order chi connectivity index (χ1) is 11.3. The van der Waals surface area contributed by atoms with Crippen LogP contribution in [-0.2, 0) is 6.54 Å². The van der Waals surface area contributed by atoms with Crippen LogP contribution in [0.1, 0.15) is 42.1 Å². The van der Waals surface area contributed by atoms with Crippen LogP contribution in [0.2, 0.25) is 0 Å². The normalized spacial score (nSPS) is 21.3. The monoisotopic (exact) mass is 350 g/mol. The fraction of sp³-hybridized carbons (Fsp3) is 0.529. The maximum atomic E-state index is 5.54. The molecular formula is C17H23ClN4O2. The number of hydrogen-bond donors (Lipinski definition) is 1. The van der Waals surface area contributed by atoms with Gasteiger partial charge in [-0.05, 0) is 18.9 Å². The lowest BCUT2D eigenvalue weighted by Gasteiger charge is -2.36. The number of piperazine rings is 1. The van der Waals surface area contributed by atoms with Gasteiger partial charge in [-0.3, -0.25) is 4.90 Å². The largest absolute Gasteiger partial charge is 0.496 e. The molecule has 7 heteroatoms. The Kier molecular flexibility index (Phi) is 5.38. The van der Waals surface area contributed by atoms with Gasteiger partial charge in [0.1, 0.15) is 5.75 Å². The van der Waals surface area contributed by atoms with Crippen LogP contribution in [0.3, 0.4) is 0 Å². The summed E-state index contributed by atoms with van der Waals surface area (Å²) >= 11 is 0. The second kappa shape index (κ2) is 7.51. The molecule has 1 atom stereocenters. The first kappa shape index (κ1) is 17.2. The van der Waals surface area contributed by atoms with Gasteiger partial charge in [0.2, 0.25) is 5.89 Å². The molecule has 24 heavy (non-hydrogen) atoms. The maximum absolute atomic E-state index is 5.54. The highest BCUT2D eigenvalue weighted by Gasteiger charge is 2.31. The first-order valence-corrected chi connectivity index (χ1v) is 8.25. The lowest BCUT2D eigenvalue weighted by atomic mass is 10.0. The van der Waals surface area contributed by atoms with Crippen LogP contribution in [0, 0.1) is 0 Å². The minimum Gasteiger partial charge on any atom is -0.496 e. The summed E-state index contributed by atoms with van der Waals surface area (Å²) in [5, 5.41) is 7.64. The van der Waals surface area contributed by atoms with Gasteiger partial charge in [-0.1, -0.05) is 23.4 Å². The van der Waals surface area contributed by atoms with E-state index in [-0.39, 0.29) is 18.4 Å². The number of hydrogen-bond acceptors (Lipinski definition) is 6. The number of ether oxygens (including phenoxy) is 1. The van der Waals surface area contributed by atoms with Crippen LogP contribution < -0.4 is 10.1 Å². The van der Waals surface area contributed by atoms with E-state index in [4.69, 9.17) is 9.26 Å². The third kappa shape index (κ3) is 3.55. The van der Waals surface area contributed by atoms with Gasteiger partial charge < -0.3 is 14.6 Å². The average molecular weight is 351 g/mol. The van der Waals surface area contributed by atoms with Gasteiger partial charge in [-0.25, -0.2) is 0 Å². The topological polar surface area (TPSA) is 63.4 Å². The molecule has 0 bridgehead atoms. The van der Waals surface area contributed by atoms with E-state index < -0.39 is 0 Å². The van der Waals surface area contributed by atoms with E-state index >= 15 is 0 Å². The number of rotatable bonds is 5. The molecule has 1 aliphatic heterocycles. The van der Waals surface area contributed by atoms with E-state index in [0.29, 0.717) is 12.5 Å². The van der Waals surface area contributed by atoms with Crippen LogP contribution in [0.4, 0.5) is 0 Å². The minimum atomic E-state index is 0. The van der Waals surface area contributed by atoms with E-state index in [9.17, 15) is 0 Å². The number of para-hydroxylation sites is 1. The molecule has 2 aliphatic rings. The predicted molar refractivity (Wildman–Crippen MR) is 92.5 cm³/mol. The molecule has 4 rings (SSSR count). The van der Waals surface area contributed by atoms with Crippen LogP contribution in [-0.4, -0.2) is 41.8 Å². The fourth-order valence-corrected chi connectivity index (χ4v) is 3.19. The average Bonchev–Trinajstić information content (AvgIpc) is 3.35. The minimum absolute atomic E-state index is 0. The van der Waals surface area contributed by atoms with Gasteiger partial charge in [-0.15, -0.1) is 12.4 Å². The van der Waals surface area contributed by atoms with Gasteiger partial charge in [0.05, 0.1) is 19.7 Å². The molecule has 6 nitrogen and oxygen atoms in total. The first-order valence-electron chi connectivity index (χ1n) is 8.25.